The number of nitrogens with zero attached hydrogens (tertiary/aromatic N) is 7. The molecule has 43 heavy (non-hydrogen) atoms. The van der Waals surface area contributed by atoms with Crippen molar-refractivity contribution in [3.8, 4) is 11.3 Å². The van der Waals surface area contributed by atoms with Gasteiger partial charge < -0.3 is 24.9 Å². The van der Waals surface area contributed by atoms with E-state index in [-0.39, 0.29) is 29.1 Å². The number of hydrogen-bond acceptors (Lipinski definition) is 10. The molecule has 13 heteroatoms. The Bertz CT molecular complexity index is 2050. The molecule has 0 amide bonds. The zero-order valence-corrected chi connectivity index (χ0v) is 24.8. The van der Waals surface area contributed by atoms with E-state index in [9.17, 15) is 14.7 Å². The molecule has 2 fully saturated rings. The summed E-state index contributed by atoms with van der Waals surface area (Å²) in [4.78, 5) is 49.4. The maximum Gasteiger partial charge on any atom is 0.264 e. The third-order valence-corrected chi connectivity index (χ3v) is 8.33. The van der Waals surface area contributed by atoms with Gasteiger partial charge in [-0.2, -0.15) is 0 Å². The fourth-order valence-corrected chi connectivity index (χ4v) is 5.67. The zero-order chi connectivity index (χ0) is 30.2. The lowest BCUT2D eigenvalue weighted by atomic mass is 10.0. The molecule has 220 valence electrons. The number of hydrogen-bond donors (Lipinski definition) is 3. The Morgan fingerprint density at radius 3 is 2.33 bits per heavy atom. The van der Waals surface area contributed by atoms with Crippen LogP contribution < -0.4 is 21.8 Å². The summed E-state index contributed by atoms with van der Waals surface area (Å²) in [5.41, 5.74) is 2.04. The highest BCUT2D eigenvalue weighted by molar-refractivity contribution is 6.31. The van der Waals surface area contributed by atoms with Crippen molar-refractivity contribution < 1.29 is 5.11 Å². The minimum atomic E-state index is -1.08. The first-order chi connectivity index (χ1) is 20.5. The van der Waals surface area contributed by atoms with E-state index in [0.717, 1.165) is 12.8 Å². The second-order valence-corrected chi connectivity index (χ2v) is 12.3. The van der Waals surface area contributed by atoms with Crippen LogP contribution in [0.15, 0.2) is 46.6 Å². The smallest absolute Gasteiger partial charge is 0.264 e. The zero-order valence-electron chi connectivity index (χ0n) is 24.1. The monoisotopic (exact) mass is 599 g/mol. The minimum absolute atomic E-state index is 0.106. The maximum absolute atomic E-state index is 13.3. The van der Waals surface area contributed by atoms with E-state index < -0.39 is 5.60 Å². The topological polar surface area (TPSA) is 153 Å². The van der Waals surface area contributed by atoms with Gasteiger partial charge in [-0.05, 0) is 51.3 Å². The van der Waals surface area contributed by atoms with Gasteiger partial charge in [0.05, 0.1) is 35.1 Å². The van der Waals surface area contributed by atoms with E-state index >= 15 is 0 Å². The van der Waals surface area contributed by atoms with Crippen molar-refractivity contribution in [2.75, 3.05) is 10.6 Å². The molecule has 0 saturated heterocycles. The second kappa shape index (κ2) is 9.81. The van der Waals surface area contributed by atoms with E-state index in [1.165, 1.54) is 21.8 Å². The predicted molar refractivity (Wildman–Crippen MR) is 164 cm³/mol. The summed E-state index contributed by atoms with van der Waals surface area (Å²) in [7, 11) is 3.31. The average molecular weight is 600 g/mol. The van der Waals surface area contributed by atoms with Crippen LogP contribution in [-0.2, 0) is 19.7 Å². The maximum atomic E-state index is 13.3. The highest BCUT2D eigenvalue weighted by Gasteiger charge is 2.43. The number of pyridine rings is 3. The number of nitrogens with one attached hydrogen (secondary N) is 2. The van der Waals surface area contributed by atoms with Gasteiger partial charge in [0, 0.05) is 49.4 Å². The molecule has 0 aromatic carbocycles. The van der Waals surface area contributed by atoms with Crippen molar-refractivity contribution in [3.05, 3.63) is 74.2 Å². The Hall–Kier alpha value is -4.42. The summed E-state index contributed by atoms with van der Waals surface area (Å²) < 4.78 is 2.86. The summed E-state index contributed by atoms with van der Waals surface area (Å²) in [6.45, 7) is 3.35. The average Bonchev–Trinajstić information content (AvgIpc) is 3.90. The van der Waals surface area contributed by atoms with E-state index in [1.54, 1.807) is 46.3 Å². The number of aryl methyl sites for hydroxylation is 2. The number of rotatable bonds is 7. The van der Waals surface area contributed by atoms with Crippen LogP contribution in [-0.4, -0.2) is 51.2 Å². The fraction of sp³-hybridized carbons (Fsp3) is 0.367. The molecule has 5 aromatic heterocycles. The number of fused-ring (bicyclic) bond motifs is 2. The van der Waals surface area contributed by atoms with Crippen LogP contribution in [0.5, 0.6) is 0 Å². The van der Waals surface area contributed by atoms with Crippen LogP contribution >= 0.6 is 11.6 Å². The van der Waals surface area contributed by atoms with Gasteiger partial charge >= 0.3 is 0 Å². The summed E-state index contributed by atoms with van der Waals surface area (Å²) >= 11 is 6.77. The molecule has 2 aliphatic carbocycles. The summed E-state index contributed by atoms with van der Waals surface area (Å²) in [5, 5.41) is 18.2. The molecule has 0 bridgehead atoms. The Morgan fingerprint density at radius 2 is 1.65 bits per heavy atom. The first-order valence-electron chi connectivity index (χ1n) is 14.1. The number of aromatic nitrogens is 7. The third kappa shape index (κ3) is 4.90. The van der Waals surface area contributed by atoms with Crippen molar-refractivity contribution in [2.24, 2.45) is 14.1 Å². The quantitative estimate of drug-likeness (QED) is 0.237. The van der Waals surface area contributed by atoms with E-state index in [4.69, 9.17) is 16.6 Å². The van der Waals surface area contributed by atoms with Crippen LogP contribution in [0.3, 0.4) is 0 Å². The Balaban J connectivity index is 1.28. The van der Waals surface area contributed by atoms with E-state index in [2.05, 4.69) is 30.6 Å². The van der Waals surface area contributed by atoms with Crippen LogP contribution in [0.25, 0.3) is 33.1 Å². The first-order valence-corrected chi connectivity index (χ1v) is 14.5. The molecular formula is C30H30ClN9O3. The Labute approximate surface area is 250 Å². The standard InChI is InChI=1S/C30H30ClN9O3/c1-30(2,43)20-8-5-14(11-32-20)17-10-19-22(28(41)39(3)12-33-19)26(36-17)37-18-9-16(18)21-24-23(29(42)40(4)13-34-24)27(38-25(21)31)35-15-6-7-15/h5,8,10-13,15-16,18,43H,6-7,9H2,1-4H3,(H,35,38)(H,36,37). The molecule has 2 aliphatic rings. The molecule has 7 rings (SSSR count). The molecule has 0 spiro atoms. The summed E-state index contributed by atoms with van der Waals surface area (Å²) in [5.74, 6) is 0.750. The second-order valence-electron chi connectivity index (χ2n) is 12.0. The predicted octanol–water partition coefficient (Wildman–Crippen LogP) is 3.46. The fourth-order valence-electron chi connectivity index (χ4n) is 5.35. The molecule has 5 heterocycles. The highest BCUT2D eigenvalue weighted by Crippen LogP contribution is 2.48. The van der Waals surface area contributed by atoms with E-state index in [1.807, 2.05) is 6.07 Å². The van der Waals surface area contributed by atoms with E-state index in [0.29, 0.717) is 67.5 Å². The van der Waals surface area contributed by atoms with Crippen LogP contribution in [0.1, 0.15) is 50.3 Å². The molecule has 2 atom stereocenters. The van der Waals surface area contributed by atoms with Gasteiger partial charge in [-0.3, -0.25) is 14.6 Å². The molecule has 0 aliphatic heterocycles. The van der Waals surface area contributed by atoms with Gasteiger partial charge in [-0.1, -0.05) is 11.6 Å². The van der Waals surface area contributed by atoms with Crippen molar-refractivity contribution in [1.82, 2.24) is 34.1 Å². The summed E-state index contributed by atoms with van der Waals surface area (Å²) in [6.07, 6.45) is 7.35. The van der Waals surface area contributed by atoms with Crippen LogP contribution in [0, 0.1) is 0 Å². The number of anilines is 2. The molecular weight excluding hydrogens is 570 g/mol. The SMILES string of the molecule is Cn1cnc2cc(-c3ccc(C(C)(C)O)nc3)nc(NC3CC3c3c(Cl)nc(NC4CC4)c4c(=O)n(C)cnc34)c2c1=O. The summed E-state index contributed by atoms with van der Waals surface area (Å²) in [6, 6.07) is 5.48. The normalized spacial score (nSPS) is 18.3. The highest BCUT2D eigenvalue weighted by atomic mass is 35.5. The van der Waals surface area contributed by atoms with Crippen molar-refractivity contribution >= 4 is 45.0 Å². The van der Waals surface area contributed by atoms with Crippen molar-refractivity contribution in [2.45, 2.75) is 56.7 Å². The van der Waals surface area contributed by atoms with Crippen LogP contribution in [0.2, 0.25) is 5.15 Å². The van der Waals surface area contributed by atoms with Gasteiger partial charge in [0.25, 0.3) is 11.1 Å². The Morgan fingerprint density at radius 1 is 0.953 bits per heavy atom. The number of aliphatic hydroxyl groups is 1. The van der Waals surface area contributed by atoms with Gasteiger partial charge in [0.15, 0.2) is 0 Å². The third-order valence-electron chi connectivity index (χ3n) is 8.05. The molecule has 2 unspecified atom stereocenters. The lowest BCUT2D eigenvalue weighted by Gasteiger charge is -2.17. The van der Waals surface area contributed by atoms with Gasteiger partial charge in [0.2, 0.25) is 0 Å². The molecule has 3 N–H and O–H groups in total. The molecule has 12 nitrogen and oxygen atoms in total. The number of halogens is 1. The molecule has 2 saturated carbocycles. The Kier molecular flexibility index (Phi) is 6.26. The minimum Gasteiger partial charge on any atom is -0.384 e. The van der Waals surface area contributed by atoms with Gasteiger partial charge in [-0.15, -0.1) is 0 Å². The van der Waals surface area contributed by atoms with Crippen molar-refractivity contribution in [3.63, 3.8) is 0 Å². The first kappa shape index (κ1) is 27.4. The lowest BCUT2D eigenvalue weighted by molar-refractivity contribution is 0.0739. The largest absolute Gasteiger partial charge is 0.384 e. The lowest BCUT2D eigenvalue weighted by Crippen LogP contribution is -2.21. The van der Waals surface area contributed by atoms with Gasteiger partial charge in [-0.25, -0.2) is 19.9 Å². The molecule has 0 radical (unpaired) electrons. The molecule has 5 aromatic rings. The van der Waals surface area contributed by atoms with Crippen LogP contribution in [0.4, 0.5) is 11.6 Å². The van der Waals surface area contributed by atoms with Gasteiger partial charge in [0.1, 0.15) is 33.2 Å². The van der Waals surface area contributed by atoms with Crippen molar-refractivity contribution in [1.29, 1.82) is 0 Å².